The Hall–Kier alpha value is -1.62. The first-order valence-electron chi connectivity index (χ1n) is 6.92. The van der Waals surface area contributed by atoms with Gasteiger partial charge in [0, 0.05) is 11.3 Å². The predicted octanol–water partition coefficient (Wildman–Crippen LogP) is 3.91. The number of halogens is 1. The summed E-state index contributed by atoms with van der Waals surface area (Å²) in [5, 5.41) is 4.40. The van der Waals surface area contributed by atoms with E-state index in [9.17, 15) is 4.79 Å². The average Bonchev–Trinajstić information content (AvgIpc) is 2.75. The van der Waals surface area contributed by atoms with Crippen molar-refractivity contribution in [3.63, 3.8) is 0 Å². The van der Waals surface area contributed by atoms with Gasteiger partial charge in [0.15, 0.2) is 0 Å². The van der Waals surface area contributed by atoms with Crippen LogP contribution in [0.25, 0.3) is 0 Å². The second-order valence-corrected chi connectivity index (χ2v) is 5.82. The molecule has 0 fully saturated rings. The lowest BCUT2D eigenvalue weighted by molar-refractivity contribution is 0.0942. The van der Waals surface area contributed by atoms with Crippen LogP contribution in [0.2, 0.25) is 0 Å². The van der Waals surface area contributed by atoms with Crippen LogP contribution in [-0.2, 0) is 6.42 Å². The lowest BCUT2D eigenvalue weighted by Gasteiger charge is -2.07. The molecule has 2 rings (SSSR count). The van der Waals surface area contributed by atoms with Crippen LogP contribution in [0, 0.1) is 13.8 Å². The van der Waals surface area contributed by atoms with Gasteiger partial charge in [-0.2, -0.15) is 5.10 Å². The number of methoxy groups -OCH3 is 1. The van der Waals surface area contributed by atoms with E-state index in [1.54, 1.807) is 25.3 Å². The van der Waals surface area contributed by atoms with Gasteiger partial charge >= 0.3 is 0 Å². The molecule has 1 aromatic carbocycles. The molecule has 112 valence electrons. The molecule has 0 saturated carbocycles. The van der Waals surface area contributed by atoms with Crippen molar-refractivity contribution < 1.29 is 9.53 Å². The second-order valence-electron chi connectivity index (χ2n) is 4.97. The van der Waals surface area contributed by atoms with E-state index in [0.29, 0.717) is 11.3 Å². The van der Waals surface area contributed by atoms with Crippen molar-refractivity contribution in [1.29, 1.82) is 0 Å². The summed E-state index contributed by atoms with van der Waals surface area (Å²) in [6.07, 6.45) is 1.98. The molecule has 5 heteroatoms. The Labute approximate surface area is 133 Å². The molecule has 0 saturated heterocycles. The zero-order chi connectivity index (χ0) is 15.6. The third kappa shape index (κ3) is 3.02. The number of aromatic nitrogens is 2. The monoisotopic (exact) mass is 350 g/mol. The molecule has 1 aromatic heterocycles. The van der Waals surface area contributed by atoms with E-state index in [1.807, 2.05) is 13.8 Å². The largest absolute Gasteiger partial charge is 0.496 e. The Bertz CT molecular complexity index is 677. The number of carbonyl (C=O) groups is 1. The molecule has 0 unspecified atom stereocenters. The fraction of sp³-hybridized carbons (Fsp3) is 0.375. The molecule has 0 aliphatic rings. The van der Waals surface area contributed by atoms with Gasteiger partial charge < -0.3 is 4.74 Å². The number of ether oxygens (including phenoxy) is 1. The van der Waals surface area contributed by atoms with E-state index in [1.165, 1.54) is 10.2 Å². The lowest BCUT2D eigenvalue weighted by Crippen LogP contribution is -2.15. The molecule has 0 aliphatic carbocycles. The minimum Gasteiger partial charge on any atom is -0.496 e. The summed E-state index contributed by atoms with van der Waals surface area (Å²) in [5.41, 5.74) is 3.59. The van der Waals surface area contributed by atoms with Crippen LogP contribution in [0.15, 0.2) is 22.7 Å². The molecule has 0 atom stereocenters. The Morgan fingerprint density at radius 3 is 2.67 bits per heavy atom. The molecule has 1 heterocycles. The summed E-state index contributed by atoms with van der Waals surface area (Å²) < 4.78 is 7.43. The second kappa shape index (κ2) is 6.43. The molecule has 0 spiro atoms. The topological polar surface area (TPSA) is 44.1 Å². The van der Waals surface area contributed by atoms with Crippen molar-refractivity contribution in [1.82, 2.24) is 9.78 Å². The average molecular weight is 351 g/mol. The molecule has 0 amide bonds. The van der Waals surface area contributed by atoms with Crippen LogP contribution in [0.3, 0.4) is 0 Å². The fourth-order valence-corrected chi connectivity index (χ4v) is 2.95. The molecule has 0 radical (unpaired) electrons. The normalized spacial score (nSPS) is 10.7. The number of carbonyl (C=O) groups excluding carboxylic acids is 1. The maximum atomic E-state index is 12.6. The van der Waals surface area contributed by atoms with Crippen LogP contribution in [0.1, 0.15) is 40.7 Å². The first kappa shape index (κ1) is 15.8. The molecule has 0 aliphatic heterocycles. The van der Waals surface area contributed by atoms with Crippen molar-refractivity contribution in [2.75, 3.05) is 7.11 Å². The van der Waals surface area contributed by atoms with E-state index in [0.717, 1.165) is 28.7 Å². The zero-order valence-electron chi connectivity index (χ0n) is 12.7. The summed E-state index contributed by atoms with van der Waals surface area (Å²) >= 11 is 3.40. The van der Waals surface area contributed by atoms with Crippen molar-refractivity contribution in [3.8, 4) is 5.75 Å². The van der Waals surface area contributed by atoms with Crippen molar-refractivity contribution in [2.24, 2.45) is 0 Å². The van der Waals surface area contributed by atoms with Crippen molar-refractivity contribution >= 4 is 21.8 Å². The van der Waals surface area contributed by atoms with E-state index in [2.05, 4.69) is 28.0 Å². The van der Waals surface area contributed by atoms with Crippen molar-refractivity contribution in [3.05, 3.63) is 45.2 Å². The number of nitrogens with zero attached hydrogens (tertiary/aromatic N) is 2. The summed E-state index contributed by atoms with van der Waals surface area (Å²) in [7, 11) is 1.60. The van der Waals surface area contributed by atoms with E-state index in [-0.39, 0.29) is 5.91 Å². The van der Waals surface area contributed by atoms with Crippen molar-refractivity contribution in [2.45, 2.75) is 33.6 Å². The number of rotatable bonds is 4. The summed E-state index contributed by atoms with van der Waals surface area (Å²) in [5.74, 6) is 0.577. The number of benzene rings is 1. The lowest BCUT2D eigenvalue weighted by atomic mass is 10.1. The molecular weight excluding hydrogens is 332 g/mol. The van der Waals surface area contributed by atoms with Gasteiger partial charge in [0.2, 0.25) is 0 Å². The van der Waals surface area contributed by atoms with Gasteiger partial charge in [0.05, 0.1) is 17.3 Å². The number of aryl methyl sites for hydroxylation is 1. The third-order valence-corrected chi connectivity index (χ3v) is 4.15. The molecule has 0 bridgehead atoms. The van der Waals surface area contributed by atoms with Gasteiger partial charge in [-0.05, 0) is 60.0 Å². The highest BCUT2D eigenvalue weighted by Crippen LogP contribution is 2.26. The van der Waals surface area contributed by atoms with Gasteiger partial charge in [-0.15, -0.1) is 0 Å². The van der Waals surface area contributed by atoms with E-state index in [4.69, 9.17) is 4.74 Å². The maximum absolute atomic E-state index is 12.6. The van der Waals surface area contributed by atoms with Crippen LogP contribution in [0.4, 0.5) is 0 Å². The van der Waals surface area contributed by atoms with E-state index < -0.39 is 0 Å². The highest BCUT2D eigenvalue weighted by molar-refractivity contribution is 9.10. The van der Waals surface area contributed by atoms with Crippen LogP contribution in [0.5, 0.6) is 5.75 Å². The van der Waals surface area contributed by atoms with Gasteiger partial charge in [-0.1, -0.05) is 13.3 Å². The number of hydrogen-bond donors (Lipinski definition) is 0. The Morgan fingerprint density at radius 1 is 1.38 bits per heavy atom. The highest BCUT2D eigenvalue weighted by atomic mass is 79.9. The molecular formula is C16H19BrN2O2. The van der Waals surface area contributed by atoms with Crippen LogP contribution >= 0.6 is 15.9 Å². The first-order chi connectivity index (χ1) is 9.99. The standard InChI is InChI=1S/C16H19BrN2O2/c1-5-6-13-10(2)18-19(11(13)3)16(20)12-7-8-15(21-4)14(17)9-12/h7-9H,5-6H2,1-4H3. The van der Waals surface area contributed by atoms with Crippen LogP contribution < -0.4 is 4.74 Å². The van der Waals surface area contributed by atoms with Gasteiger partial charge in [-0.3, -0.25) is 4.79 Å². The highest BCUT2D eigenvalue weighted by Gasteiger charge is 2.18. The SMILES string of the molecule is CCCc1c(C)nn(C(=O)c2ccc(OC)c(Br)c2)c1C. The Balaban J connectivity index is 2.41. The van der Waals surface area contributed by atoms with E-state index >= 15 is 0 Å². The Kier molecular flexibility index (Phi) is 4.83. The van der Waals surface area contributed by atoms with Gasteiger partial charge in [0.1, 0.15) is 5.75 Å². The number of hydrogen-bond acceptors (Lipinski definition) is 3. The van der Waals surface area contributed by atoms with Gasteiger partial charge in [0.25, 0.3) is 5.91 Å². The summed E-state index contributed by atoms with van der Waals surface area (Å²) in [6, 6.07) is 5.29. The molecule has 2 aromatic rings. The van der Waals surface area contributed by atoms with Crippen LogP contribution in [-0.4, -0.2) is 22.8 Å². The minimum atomic E-state index is -0.124. The van der Waals surface area contributed by atoms with Gasteiger partial charge in [-0.25, -0.2) is 4.68 Å². The summed E-state index contributed by atoms with van der Waals surface area (Å²) in [6.45, 7) is 6.02. The predicted molar refractivity (Wildman–Crippen MR) is 86.1 cm³/mol. The zero-order valence-corrected chi connectivity index (χ0v) is 14.3. The molecule has 21 heavy (non-hydrogen) atoms. The first-order valence-corrected chi connectivity index (χ1v) is 7.72. The third-order valence-electron chi connectivity index (χ3n) is 3.53. The molecule has 4 nitrogen and oxygen atoms in total. The maximum Gasteiger partial charge on any atom is 0.278 e. The smallest absolute Gasteiger partial charge is 0.278 e. The minimum absolute atomic E-state index is 0.124. The quantitative estimate of drug-likeness (QED) is 0.839. The Morgan fingerprint density at radius 2 is 2.10 bits per heavy atom. The molecule has 0 N–H and O–H groups in total. The fourth-order valence-electron chi connectivity index (χ4n) is 2.41. The summed E-state index contributed by atoms with van der Waals surface area (Å²) in [4.78, 5) is 12.6.